The molecule has 0 bridgehead atoms. The average Bonchev–Trinajstić information content (AvgIpc) is 2.88. The molecule has 0 aliphatic rings. The van der Waals surface area contributed by atoms with Gasteiger partial charge >= 0.3 is 0 Å². The van der Waals surface area contributed by atoms with E-state index in [1.165, 1.54) is 11.1 Å². The number of hydrogen-bond acceptors (Lipinski definition) is 2. The van der Waals surface area contributed by atoms with Crippen LogP contribution in [-0.4, -0.2) is 15.0 Å². The molecular weight excluding hydrogens is 234 g/mol. The second-order valence-electron chi connectivity index (χ2n) is 4.75. The van der Waals surface area contributed by atoms with Gasteiger partial charge < -0.3 is 4.98 Å². The molecule has 3 heteroatoms. The molecule has 0 radical (unpaired) electrons. The zero-order chi connectivity index (χ0) is 13.1. The second-order valence-corrected chi connectivity index (χ2v) is 4.75. The number of pyridine rings is 1. The largest absolute Gasteiger partial charge is 0.342 e. The van der Waals surface area contributed by atoms with E-state index in [4.69, 9.17) is 0 Å². The summed E-state index contributed by atoms with van der Waals surface area (Å²) < 4.78 is 0. The molecule has 3 aromatic rings. The van der Waals surface area contributed by atoms with Gasteiger partial charge in [0.1, 0.15) is 5.82 Å². The maximum Gasteiger partial charge on any atom is 0.107 e. The summed E-state index contributed by atoms with van der Waals surface area (Å²) in [6.45, 7) is 2.17. The molecule has 0 saturated heterocycles. The number of aromatic nitrogens is 3. The lowest BCUT2D eigenvalue weighted by molar-refractivity contribution is 0.884. The number of rotatable bonds is 4. The lowest BCUT2D eigenvalue weighted by Crippen LogP contribution is -1.93. The first-order chi connectivity index (χ1) is 9.35. The zero-order valence-electron chi connectivity index (χ0n) is 11.1. The monoisotopic (exact) mass is 251 g/mol. The molecule has 0 aliphatic heterocycles. The molecule has 2 aromatic heterocycles. The van der Waals surface area contributed by atoms with Crippen molar-refractivity contribution in [3.63, 3.8) is 0 Å². The lowest BCUT2D eigenvalue weighted by Gasteiger charge is -1.97. The third-order valence-corrected chi connectivity index (χ3v) is 3.38. The minimum Gasteiger partial charge on any atom is -0.342 e. The van der Waals surface area contributed by atoms with Crippen molar-refractivity contribution in [1.82, 2.24) is 15.0 Å². The molecular formula is C16H17N3. The number of nitrogens with zero attached hydrogens (tertiary/aromatic N) is 2. The van der Waals surface area contributed by atoms with Crippen molar-refractivity contribution in [1.29, 1.82) is 0 Å². The van der Waals surface area contributed by atoms with Gasteiger partial charge in [0.15, 0.2) is 0 Å². The van der Waals surface area contributed by atoms with E-state index < -0.39 is 0 Å². The quantitative estimate of drug-likeness (QED) is 0.773. The minimum absolute atomic E-state index is 0.918. The predicted octanol–water partition coefficient (Wildman–Crippen LogP) is 3.31. The van der Waals surface area contributed by atoms with Crippen molar-refractivity contribution in [2.45, 2.75) is 26.2 Å². The number of benzene rings is 1. The van der Waals surface area contributed by atoms with Crippen molar-refractivity contribution in [3.05, 3.63) is 59.7 Å². The molecule has 0 fully saturated rings. The summed E-state index contributed by atoms with van der Waals surface area (Å²) in [4.78, 5) is 12.2. The number of H-pyrrole nitrogens is 1. The van der Waals surface area contributed by atoms with Crippen molar-refractivity contribution >= 4 is 11.0 Å². The number of nitrogens with one attached hydrogen (secondary N) is 1. The number of fused-ring (bicyclic) bond motifs is 1. The van der Waals surface area contributed by atoms with E-state index in [0.717, 1.165) is 36.1 Å². The zero-order valence-corrected chi connectivity index (χ0v) is 11.1. The van der Waals surface area contributed by atoms with Gasteiger partial charge in [-0.1, -0.05) is 19.1 Å². The van der Waals surface area contributed by atoms with Crippen LogP contribution in [-0.2, 0) is 19.3 Å². The highest BCUT2D eigenvalue weighted by Crippen LogP contribution is 2.15. The van der Waals surface area contributed by atoms with E-state index in [1.54, 1.807) is 6.20 Å². The van der Waals surface area contributed by atoms with Crippen molar-refractivity contribution < 1.29 is 0 Å². The standard InChI is InChI=1S/C16H17N3/c1-2-12-5-7-14-15(10-12)19-16(18-14)8-6-13-4-3-9-17-11-13/h3-5,7,9-11H,2,6,8H2,1H3,(H,18,19). The third-order valence-electron chi connectivity index (χ3n) is 3.38. The van der Waals surface area contributed by atoms with Crippen LogP contribution in [0, 0.1) is 0 Å². The molecule has 0 spiro atoms. The fourth-order valence-corrected chi connectivity index (χ4v) is 2.26. The van der Waals surface area contributed by atoms with E-state index in [9.17, 15) is 0 Å². The van der Waals surface area contributed by atoms with Gasteiger partial charge in [0.05, 0.1) is 11.0 Å². The van der Waals surface area contributed by atoms with Crippen molar-refractivity contribution in [3.8, 4) is 0 Å². The molecule has 0 saturated carbocycles. The molecule has 1 aromatic carbocycles. The van der Waals surface area contributed by atoms with Crippen LogP contribution in [0.3, 0.4) is 0 Å². The van der Waals surface area contributed by atoms with Gasteiger partial charge in [-0.25, -0.2) is 4.98 Å². The molecule has 1 N–H and O–H groups in total. The summed E-state index contributed by atoms with van der Waals surface area (Å²) in [6.07, 6.45) is 6.66. The fraction of sp³-hybridized carbons (Fsp3) is 0.250. The first kappa shape index (κ1) is 11.9. The molecule has 2 heterocycles. The van der Waals surface area contributed by atoms with Crippen LogP contribution >= 0.6 is 0 Å². The van der Waals surface area contributed by atoms with E-state index in [0.29, 0.717) is 0 Å². The maximum absolute atomic E-state index is 4.63. The molecule has 0 unspecified atom stereocenters. The number of aryl methyl sites for hydroxylation is 3. The molecule has 3 rings (SSSR count). The van der Waals surface area contributed by atoms with Crippen LogP contribution in [0.2, 0.25) is 0 Å². The normalized spacial score (nSPS) is 11.0. The lowest BCUT2D eigenvalue weighted by atomic mass is 10.1. The van der Waals surface area contributed by atoms with Crippen LogP contribution in [0.1, 0.15) is 23.9 Å². The average molecular weight is 251 g/mol. The van der Waals surface area contributed by atoms with Gasteiger partial charge in [0.25, 0.3) is 0 Å². The van der Waals surface area contributed by atoms with Crippen molar-refractivity contribution in [2.24, 2.45) is 0 Å². The van der Waals surface area contributed by atoms with Gasteiger partial charge in [0.2, 0.25) is 0 Å². The van der Waals surface area contributed by atoms with Gasteiger partial charge in [-0.15, -0.1) is 0 Å². The molecule has 0 aliphatic carbocycles. The number of aromatic amines is 1. The van der Waals surface area contributed by atoms with Crippen LogP contribution in [0.15, 0.2) is 42.7 Å². The summed E-state index contributed by atoms with van der Waals surface area (Å²) >= 11 is 0. The van der Waals surface area contributed by atoms with E-state index >= 15 is 0 Å². The van der Waals surface area contributed by atoms with Gasteiger partial charge in [0, 0.05) is 18.8 Å². The maximum atomic E-state index is 4.63. The second kappa shape index (κ2) is 5.22. The minimum atomic E-state index is 0.918. The van der Waals surface area contributed by atoms with Gasteiger partial charge in [-0.05, 0) is 42.2 Å². The molecule has 3 nitrogen and oxygen atoms in total. The smallest absolute Gasteiger partial charge is 0.107 e. The van der Waals surface area contributed by atoms with Gasteiger partial charge in [-0.2, -0.15) is 0 Å². The summed E-state index contributed by atoms with van der Waals surface area (Å²) in [6, 6.07) is 10.5. The van der Waals surface area contributed by atoms with Gasteiger partial charge in [-0.3, -0.25) is 4.98 Å². The predicted molar refractivity (Wildman–Crippen MR) is 77.1 cm³/mol. The van der Waals surface area contributed by atoms with Crippen LogP contribution in [0.5, 0.6) is 0 Å². The van der Waals surface area contributed by atoms with Crippen LogP contribution < -0.4 is 0 Å². The van der Waals surface area contributed by atoms with Crippen molar-refractivity contribution in [2.75, 3.05) is 0 Å². The first-order valence-electron chi connectivity index (χ1n) is 6.71. The molecule has 96 valence electrons. The number of hydrogen-bond donors (Lipinski definition) is 1. The molecule has 0 atom stereocenters. The highest BCUT2D eigenvalue weighted by atomic mass is 14.9. The first-order valence-corrected chi connectivity index (χ1v) is 6.71. The third kappa shape index (κ3) is 2.65. The van der Waals surface area contributed by atoms with E-state index in [1.807, 2.05) is 12.3 Å². The van der Waals surface area contributed by atoms with E-state index in [-0.39, 0.29) is 0 Å². The Bertz CT molecular complexity index is 671. The Kier molecular flexibility index (Phi) is 3.27. The topological polar surface area (TPSA) is 41.6 Å². The Labute approximate surface area is 112 Å². The summed E-state index contributed by atoms with van der Waals surface area (Å²) in [5.74, 6) is 1.05. The summed E-state index contributed by atoms with van der Waals surface area (Å²) in [5.41, 5.74) is 4.78. The Hall–Kier alpha value is -2.16. The van der Waals surface area contributed by atoms with Crippen LogP contribution in [0.4, 0.5) is 0 Å². The number of imidazole rings is 1. The Morgan fingerprint density at radius 3 is 2.84 bits per heavy atom. The highest BCUT2D eigenvalue weighted by molar-refractivity contribution is 5.75. The fourth-order valence-electron chi connectivity index (χ4n) is 2.26. The Balaban J connectivity index is 1.78. The van der Waals surface area contributed by atoms with Crippen LogP contribution in [0.25, 0.3) is 11.0 Å². The Morgan fingerprint density at radius 2 is 2.05 bits per heavy atom. The highest BCUT2D eigenvalue weighted by Gasteiger charge is 2.04. The molecule has 19 heavy (non-hydrogen) atoms. The van der Waals surface area contributed by atoms with E-state index in [2.05, 4.69) is 46.1 Å². The summed E-state index contributed by atoms with van der Waals surface area (Å²) in [5, 5.41) is 0. The Morgan fingerprint density at radius 1 is 1.11 bits per heavy atom. The SMILES string of the molecule is CCc1ccc2nc(CCc3cccnc3)[nH]c2c1. The molecule has 0 amide bonds. The summed E-state index contributed by atoms with van der Waals surface area (Å²) in [7, 11) is 0.